The van der Waals surface area contributed by atoms with Crippen LogP contribution in [0.4, 0.5) is 5.82 Å². The van der Waals surface area contributed by atoms with E-state index < -0.39 is 0 Å². The molecule has 2 N–H and O–H groups in total. The molecule has 0 spiro atoms. The molecule has 0 saturated carbocycles. The van der Waals surface area contributed by atoms with Crippen molar-refractivity contribution in [2.24, 2.45) is 0 Å². The lowest BCUT2D eigenvalue weighted by atomic mass is 9.97. The molecule has 6 heteroatoms. The zero-order valence-electron chi connectivity index (χ0n) is 14.5. The molecule has 1 aromatic heterocycles. The molecule has 0 atom stereocenters. The van der Waals surface area contributed by atoms with Crippen LogP contribution in [-0.4, -0.2) is 22.2 Å². The summed E-state index contributed by atoms with van der Waals surface area (Å²) in [5.41, 5.74) is 3.28. The highest BCUT2D eigenvalue weighted by Gasteiger charge is 2.21. The van der Waals surface area contributed by atoms with Crippen LogP contribution in [0.3, 0.4) is 0 Å². The minimum absolute atomic E-state index is 0.214. The second-order valence-electron chi connectivity index (χ2n) is 6.48. The third-order valence-corrected chi connectivity index (χ3v) is 4.79. The van der Waals surface area contributed by atoms with Gasteiger partial charge >= 0.3 is 0 Å². The highest BCUT2D eigenvalue weighted by atomic mass is 15.4. The third kappa shape index (κ3) is 2.54. The van der Waals surface area contributed by atoms with E-state index in [-0.39, 0.29) is 11.3 Å². The average Bonchev–Trinajstić information content (AvgIpc) is 2.67. The molecule has 6 nitrogen and oxygen atoms in total. The molecule has 2 heterocycles. The van der Waals surface area contributed by atoms with Crippen LogP contribution in [0.25, 0.3) is 10.8 Å². The lowest BCUT2D eigenvalue weighted by molar-refractivity contribution is 0.700. The first kappa shape index (κ1) is 16.0. The predicted molar refractivity (Wildman–Crippen MR) is 100 cm³/mol. The van der Waals surface area contributed by atoms with E-state index in [2.05, 4.69) is 16.1 Å². The van der Waals surface area contributed by atoms with Crippen LogP contribution in [-0.2, 0) is 13.0 Å². The molecule has 0 fully saturated rings. The van der Waals surface area contributed by atoms with Crippen molar-refractivity contribution in [1.29, 1.82) is 16.1 Å². The number of fused-ring (bicyclic) bond motifs is 2. The number of nitrogens with zero attached hydrogens (tertiary/aromatic N) is 4. The summed E-state index contributed by atoms with van der Waals surface area (Å²) in [6.45, 7) is 3.11. The van der Waals surface area contributed by atoms with Gasteiger partial charge in [-0.1, -0.05) is 30.3 Å². The Morgan fingerprint density at radius 2 is 1.92 bits per heavy atom. The van der Waals surface area contributed by atoms with Crippen molar-refractivity contribution in [2.45, 2.75) is 19.9 Å². The van der Waals surface area contributed by atoms with Gasteiger partial charge in [0.15, 0.2) is 11.3 Å². The van der Waals surface area contributed by atoms with Crippen LogP contribution in [0.5, 0.6) is 0 Å². The van der Waals surface area contributed by atoms with Gasteiger partial charge in [-0.2, -0.15) is 9.94 Å². The second kappa shape index (κ2) is 6.12. The first-order valence-electron chi connectivity index (χ1n) is 8.47. The molecule has 2 aromatic carbocycles. The van der Waals surface area contributed by atoms with E-state index in [0.717, 1.165) is 35.1 Å². The SMILES string of the molecule is CC(=N)n1nc(N2CCc3ccc(C#N)cc3C2)c2ccccc2c1=N. The van der Waals surface area contributed by atoms with E-state index in [1.54, 1.807) is 6.92 Å². The average molecular weight is 342 g/mol. The van der Waals surface area contributed by atoms with Crippen molar-refractivity contribution in [3.05, 3.63) is 64.6 Å². The van der Waals surface area contributed by atoms with Gasteiger partial charge in [0.25, 0.3) is 0 Å². The summed E-state index contributed by atoms with van der Waals surface area (Å²) in [5.74, 6) is 0.988. The van der Waals surface area contributed by atoms with E-state index in [9.17, 15) is 0 Å². The Labute approximate surface area is 150 Å². The molecule has 1 aliphatic heterocycles. The molecule has 0 aliphatic carbocycles. The van der Waals surface area contributed by atoms with Gasteiger partial charge in [-0.3, -0.25) is 10.8 Å². The van der Waals surface area contributed by atoms with Crippen molar-refractivity contribution >= 4 is 22.4 Å². The summed E-state index contributed by atoms with van der Waals surface area (Å²) < 4.78 is 1.37. The molecule has 0 saturated heterocycles. The summed E-state index contributed by atoms with van der Waals surface area (Å²) >= 11 is 0. The Morgan fingerprint density at radius 1 is 1.15 bits per heavy atom. The highest BCUT2D eigenvalue weighted by Crippen LogP contribution is 2.28. The Morgan fingerprint density at radius 3 is 2.65 bits per heavy atom. The lowest BCUT2D eigenvalue weighted by Crippen LogP contribution is -2.35. The quantitative estimate of drug-likeness (QED) is 0.526. The van der Waals surface area contributed by atoms with Gasteiger partial charge in [-0.15, -0.1) is 5.10 Å². The van der Waals surface area contributed by atoms with Gasteiger partial charge in [0.1, 0.15) is 5.84 Å². The van der Waals surface area contributed by atoms with Crippen molar-refractivity contribution in [2.75, 3.05) is 11.4 Å². The maximum Gasteiger partial charge on any atom is 0.157 e. The number of anilines is 1. The van der Waals surface area contributed by atoms with Crippen LogP contribution in [0.15, 0.2) is 42.5 Å². The fourth-order valence-corrected chi connectivity index (χ4v) is 3.48. The molecule has 0 amide bonds. The Hall–Kier alpha value is -3.46. The number of benzene rings is 2. The maximum absolute atomic E-state index is 9.17. The topological polar surface area (TPSA) is 92.6 Å². The Bertz CT molecular complexity index is 1140. The number of hydrogen-bond acceptors (Lipinski definition) is 5. The summed E-state index contributed by atoms with van der Waals surface area (Å²) in [7, 11) is 0. The standard InChI is InChI=1S/C20H18N6/c1-13(22)26-19(23)17-4-2-3-5-18(17)20(24-26)25-9-8-15-7-6-14(11-21)10-16(15)12-25/h2-7,10,22-23H,8-9,12H2,1H3. The van der Waals surface area contributed by atoms with Gasteiger partial charge in [0, 0.05) is 23.9 Å². The first-order chi connectivity index (χ1) is 12.6. The van der Waals surface area contributed by atoms with Gasteiger partial charge in [0.05, 0.1) is 11.6 Å². The smallest absolute Gasteiger partial charge is 0.157 e. The van der Waals surface area contributed by atoms with Crippen LogP contribution >= 0.6 is 0 Å². The van der Waals surface area contributed by atoms with Crippen molar-refractivity contribution in [3.8, 4) is 6.07 Å². The van der Waals surface area contributed by atoms with Gasteiger partial charge < -0.3 is 4.90 Å². The van der Waals surface area contributed by atoms with Crippen molar-refractivity contribution in [1.82, 2.24) is 9.78 Å². The molecular weight excluding hydrogens is 324 g/mol. The monoisotopic (exact) mass is 342 g/mol. The minimum Gasteiger partial charge on any atom is -0.350 e. The number of rotatable bonds is 1. The summed E-state index contributed by atoms with van der Waals surface area (Å²) in [6, 6.07) is 15.8. The van der Waals surface area contributed by atoms with Crippen LogP contribution in [0.2, 0.25) is 0 Å². The van der Waals surface area contributed by atoms with Crippen molar-refractivity contribution in [3.63, 3.8) is 0 Å². The Kier molecular flexibility index (Phi) is 3.77. The first-order valence-corrected chi connectivity index (χ1v) is 8.47. The summed E-state index contributed by atoms with van der Waals surface area (Å²) in [5, 5.41) is 31.8. The predicted octanol–water partition coefficient (Wildman–Crippen LogP) is 2.80. The van der Waals surface area contributed by atoms with Crippen LogP contribution in [0.1, 0.15) is 23.6 Å². The van der Waals surface area contributed by atoms with Gasteiger partial charge in [-0.25, -0.2) is 0 Å². The van der Waals surface area contributed by atoms with E-state index in [1.807, 2.05) is 42.5 Å². The molecule has 0 unspecified atom stereocenters. The van der Waals surface area contributed by atoms with Gasteiger partial charge in [-0.05, 0) is 36.6 Å². The van der Waals surface area contributed by atoms with E-state index in [0.29, 0.717) is 12.1 Å². The molecular formula is C20H18N6. The van der Waals surface area contributed by atoms with Crippen LogP contribution < -0.4 is 10.4 Å². The second-order valence-corrected chi connectivity index (χ2v) is 6.48. The number of hydrogen-bond donors (Lipinski definition) is 2. The number of nitrogens with one attached hydrogen (secondary N) is 2. The highest BCUT2D eigenvalue weighted by molar-refractivity contribution is 5.93. The van der Waals surface area contributed by atoms with E-state index in [4.69, 9.17) is 16.1 Å². The fraction of sp³-hybridized carbons (Fsp3) is 0.200. The summed E-state index contributed by atoms with van der Waals surface area (Å²) in [6.07, 6.45) is 0.878. The van der Waals surface area contributed by atoms with E-state index >= 15 is 0 Å². The normalized spacial score (nSPS) is 13.3. The maximum atomic E-state index is 9.17. The Balaban J connectivity index is 1.87. The molecule has 0 radical (unpaired) electrons. The van der Waals surface area contributed by atoms with Crippen LogP contribution in [0, 0.1) is 22.1 Å². The summed E-state index contributed by atoms with van der Waals surface area (Å²) in [4.78, 5) is 2.17. The number of aromatic nitrogens is 2. The molecule has 0 bridgehead atoms. The molecule has 4 rings (SSSR count). The number of nitriles is 1. The minimum atomic E-state index is 0.214. The van der Waals surface area contributed by atoms with E-state index in [1.165, 1.54) is 10.2 Å². The molecule has 128 valence electrons. The lowest BCUT2D eigenvalue weighted by Gasteiger charge is -2.31. The molecule has 3 aromatic rings. The largest absolute Gasteiger partial charge is 0.350 e. The zero-order valence-corrected chi connectivity index (χ0v) is 14.5. The molecule has 1 aliphatic rings. The fourth-order valence-electron chi connectivity index (χ4n) is 3.48. The zero-order chi connectivity index (χ0) is 18.3. The third-order valence-electron chi connectivity index (χ3n) is 4.79. The molecule has 26 heavy (non-hydrogen) atoms. The van der Waals surface area contributed by atoms with Crippen molar-refractivity contribution < 1.29 is 0 Å². The van der Waals surface area contributed by atoms with Gasteiger partial charge in [0.2, 0.25) is 0 Å².